The minimum Gasteiger partial charge on any atom is -0.347 e. The number of rotatable bonds is 3. The van der Waals surface area contributed by atoms with E-state index >= 15 is 0 Å². The average Bonchev–Trinajstić information content (AvgIpc) is 3.24. The lowest BCUT2D eigenvalue weighted by molar-refractivity contribution is -0.189. The summed E-state index contributed by atoms with van der Waals surface area (Å²) in [5.74, 6) is -0.368. The molecule has 0 bridgehead atoms. The third-order valence-electron chi connectivity index (χ3n) is 5.69. The largest absolute Gasteiger partial charge is 0.347 e. The van der Waals surface area contributed by atoms with Gasteiger partial charge in [-0.2, -0.15) is 0 Å². The van der Waals surface area contributed by atoms with E-state index in [-0.39, 0.29) is 29.7 Å². The maximum absolute atomic E-state index is 13.3. The number of carbonyl (C=O) groups is 1. The first-order chi connectivity index (χ1) is 12.0. The quantitative estimate of drug-likeness (QED) is 0.914. The van der Waals surface area contributed by atoms with E-state index in [4.69, 9.17) is 9.47 Å². The molecule has 4 rings (SSSR count). The molecule has 1 aromatic rings. The van der Waals surface area contributed by atoms with Crippen molar-refractivity contribution in [2.45, 2.75) is 43.9 Å². The molecule has 2 aliphatic heterocycles. The van der Waals surface area contributed by atoms with Gasteiger partial charge in [-0.25, -0.2) is 9.18 Å². The highest BCUT2D eigenvalue weighted by Gasteiger charge is 2.44. The van der Waals surface area contributed by atoms with Crippen molar-refractivity contribution in [2.24, 2.45) is 5.92 Å². The fourth-order valence-electron chi connectivity index (χ4n) is 4.07. The molecule has 1 saturated carbocycles. The second-order valence-electron chi connectivity index (χ2n) is 7.45. The molecule has 0 aromatic heterocycles. The van der Waals surface area contributed by atoms with E-state index in [1.165, 1.54) is 6.07 Å². The predicted molar refractivity (Wildman–Crippen MR) is 90.7 cm³/mol. The molecular weight excluding hydrogens is 323 g/mol. The van der Waals surface area contributed by atoms with Crippen LogP contribution in [0.25, 0.3) is 0 Å². The standard InChI is InChI=1S/C19H25FN2O3/c1-19(24-8-9-25-19)14-5-3-7-22(12-14)18(23)21-17-11-16(17)13-4-2-6-15(20)10-13/h2,4,6,10,14,16-17H,3,5,7-9,11-12H2,1H3,(H,21,23)/t14-,16-,17-/m1/s1. The Balaban J connectivity index is 1.32. The normalized spacial score (nSPS) is 31.0. The van der Waals surface area contributed by atoms with E-state index in [2.05, 4.69) is 5.32 Å². The number of halogens is 1. The van der Waals surface area contributed by atoms with Gasteiger partial charge in [-0.05, 0) is 43.9 Å². The average molecular weight is 348 g/mol. The van der Waals surface area contributed by atoms with Gasteiger partial charge in [0.25, 0.3) is 0 Å². The van der Waals surface area contributed by atoms with Gasteiger partial charge in [-0.15, -0.1) is 0 Å². The molecule has 3 fully saturated rings. The van der Waals surface area contributed by atoms with Crippen LogP contribution in [0, 0.1) is 11.7 Å². The minimum absolute atomic E-state index is 0.0322. The first kappa shape index (κ1) is 16.8. The van der Waals surface area contributed by atoms with Crippen LogP contribution in [0.5, 0.6) is 0 Å². The molecule has 3 atom stereocenters. The summed E-state index contributed by atoms with van der Waals surface area (Å²) in [6.07, 6.45) is 2.84. The van der Waals surface area contributed by atoms with Crippen molar-refractivity contribution in [1.29, 1.82) is 0 Å². The zero-order valence-electron chi connectivity index (χ0n) is 14.5. The van der Waals surface area contributed by atoms with Crippen molar-refractivity contribution < 1.29 is 18.7 Å². The number of hydrogen-bond donors (Lipinski definition) is 1. The Morgan fingerprint density at radius 1 is 1.36 bits per heavy atom. The predicted octanol–water partition coefficient (Wildman–Crippen LogP) is 2.87. The number of benzene rings is 1. The Morgan fingerprint density at radius 3 is 2.92 bits per heavy atom. The van der Waals surface area contributed by atoms with Crippen LogP contribution < -0.4 is 5.32 Å². The molecule has 0 radical (unpaired) electrons. The van der Waals surface area contributed by atoms with Gasteiger partial charge in [0.05, 0.1) is 13.2 Å². The summed E-state index contributed by atoms with van der Waals surface area (Å²) in [4.78, 5) is 14.5. The van der Waals surface area contributed by atoms with Crippen molar-refractivity contribution in [3.8, 4) is 0 Å². The Bertz CT molecular complexity index is 647. The van der Waals surface area contributed by atoms with Gasteiger partial charge in [0, 0.05) is 31.0 Å². The highest BCUT2D eigenvalue weighted by atomic mass is 19.1. The topological polar surface area (TPSA) is 50.8 Å². The highest BCUT2D eigenvalue weighted by molar-refractivity contribution is 5.75. The van der Waals surface area contributed by atoms with E-state index in [0.29, 0.717) is 19.8 Å². The third kappa shape index (κ3) is 3.51. The summed E-state index contributed by atoms with van der Waals surface area (Å²) in [6, 6.07) is 6.72. The summed E-state index contributed by atoms with van der Waals surface area (Å²) in [5, 5.41) is 3.10. The minimum atomic E-state index is -0.567. The SMILES string of the molecule is CC1([C@@H]2CCCN(C(=O)N[C@@H]3C[C@@H]3c3cccc(F)c3)C2)OCCO1. The van der Waals surface area contributed by atoms with Gasteiger partial charge in [-0.1, -0.05) is 12.1 Å². The number of urea groups is 1. The van der Waals surface area contributed by atoms with Crippen LogP contribution in [0.15, 0.2) is 24.3 Å². The number of carbonyl (C=O) groups excluding carboxylic acids is 1. The second-order valence-corrected chi connectivity index (χ2v) is 7.45. The molecule has 1 aliphatic carbocycles. The number of nitrogens with one attached hydrogen (secondary N) is 1. The first-order valence-corrected chi connectivity index (χ1v) is 9.14. The molecule has 2 saturated heterocycles. The summed E-state index contributed by atoms with van der Waals surface area (Å²) < 4.78 is 24.9. The van der Waals surface area contributed by atoms with Crippen LogP contribution in [0.3, 0.4) is 0 Å². The molecule has 5 nitrogen and oxygen atoms in total. The van der Waals surface area contributed by atoms with Crippen molar-refractivity contribution in [3.05, 3.63) is 35.6 Å². The van der Waals surface area contributed by atoms with Gasteiger partial charge in [0.15, 0.2) is 5.79 Å². The van der Waals surface area contributed by atoms with Crippen LogP contribution in [0.4, 0.5) is 9.18 Å². The Morgan fingerprint density at radius 2 is 2.16 bits per heavy atom. The van der Waals surface area contributed by atoms with Crippen molar-refractivity contribution in [1.82, 2.24) is 10.2 Å². The molecule has 1 N–H and O–H groups in total. The van der Waals surface area contributed by atoms with E-state index in [1.807, 2.05) is 17.9 Å². The van der Waals surface area contributed by atoms with Crippen LogP contribution in [-0.4, -0.2) is 49.1 Å². The zero-order valence-corrected chi connectivity index (χ0v) is 14.5. The van der Waals surface area contributed by atoms with E-state index in [0.717, 1.165) is 31.4 Å². The van der Waals surface area contributed by atoms with E-state index in [1.54, 1.807) is 12.1 Å². The van der Waals surface area contributed by atoms with E-state index in [9.17, 15) is 9.18 Å². The summed E-state index contributed by atoms with van der Waals surface area (Å²) in [7, 11) is 0. The Kier molecular flexibility index (Phi) is 4.41. The molecular formula is C19H25FN2O3. The molecule has 25 heavy (non-hydrogen) atoms. The maximum Gasteiger partial charge on any atom is 0.317 e. The number of piperidine rings is 1. The molecule has 3 aliphatic rings. The van der Waals surface area contributed by atoms with Gasteiger partial charge in [0.2, 0.25) is 0 Å². The lowest BCUT2D eigenvalue weighted by Gasteiger charge is -2.39. The van der Waals surface area contributed by atoms with Crippen LogP contribution >= 0.6 is 0 Å². The fraction of sp³-hybridized carbons (Fsp3) is 0.632. The molecule has 2 amide bonds. The smallest absolute Gasteiger partial charge is 0.317 e. The summed E-state index contributed by atoms with van der Waals surface area (Å²) in [5.41, 5.74) is 0.960. The third-order valence-corrected chi connectivity index (χ3v) is 5.69. The molecule has 1 aromatic carbocycles. The van der Waals surface area contributed by atoms with Crippen molar-refractivity contribution >= 4 is 6.03 Å². The lowest BCUT2D eigenvalue weighted by atomic mass is 9.90. The summed E-state index contributed by atoms with van der Waals surface area (Å²) in [6.45, 7) is 4.63. The molecule has 2 heterocycles. The molecule has 136 valence electrons. The fourth-order valence-corrected chi connectivity index (χ4v) is 4.07. The van der Waals surface area contributed by atoms with Crippen LogP contribution in [0.1, 0.15) is 37.7 Å². The molecule has 6 heteroatoms. The molecule has 0 unspecified atom stereocenters. The van der Waals surface area contributed by atoms with Crippen LogP contribution in [-0.2, 0) is 9.47 Å². The van der Waals surface area contributed by atoms with Gasteiger partial charge in [-0.3, -0.25) is 0 Å². The Hall–Kier alpha value is -1.66. The van der Waals surface area contributed by atoms with Crippen molar-refractivity contribution in [3.63, 3.8) is 0 Å². The van der Waals surface area contributed by atoms with Gasteiger partial charge < -0.3 is 19.7 Å². The maximum atomic E-state index is 13.3. The lowest BCUT2D eigenvalue weighted by Crippen LogP contribution is -2.51. The number of ether oxygens (including phenoxy) is 2. The number of nitrogens with zero attached hydrogens (tertiary/aromatic N) is 1. The zero-order chi connectivity index (χ0) is 17.4. The number of likely N-dealkylation sites (tertiary alicyclic amines) is 1. The van der Waals surface area contributed by atoms with Crippen LogP contribution in [0.2, 0.25) is 0 Å². The van der Waals surface area contributed by atoms with Crippen molar-refractivity contribution in [2.75, 3.05) is 26.3 Å². The first-order valence-electron chi connectivity index (χ1n) is 9.14. The van der Waals surface area contributed by atoms with Gasteiger partial charge in [0.1, 0.15) is 5.82 Å². The molecule has 0 spiro atoms. The monoisotopic (exact) mass is 348 g/mol. The van der Waals surface area contributed by atoms with Gasteiger partial charge >= 0.3 is 6.03 Å². The number of amides is 2. The number of hydrogen-bond acceptors (Lipinski definition) is 3. The second kappa shape index (κ2) is 6.57. The summed E-state index contributed by atoms with van der Waals surface area (Å²) >= 11 is 0. The highest BCUT2D eigenvalue weighted by Crippen LogP contribution is 2.41. The Labute approximate surface area is 147 Å². The van der Waals surface area contributed by atoms with E-state index < -0.39 is 5.79 Å².